The molecule has 0 atom stereocenters. The molecule has 25 heavy (non-hydrogen) atoms. The molecule has 4 nitrogen and oxygen atoms in total. The summed E-state index contributed by atoms with van der Waals surface area (Å²) in [5, 5.41) is 3.19. The molecule has 0 spiro atoms. The van der Waals surface area contributed by atoms with Crippen LogP contribution in [0.4, 0.5) is 0 Å². The van der Waals surface area contributed by atoms with Crippen LogP contribution in [0.5, 0.6) is 0 Å². The van der Waals surface area contributed by atoms with E-state index < -0.39 is 0 Å². The first kappa shape index (κ1) is 18.2. The lowest BCUT2D eigenvalue weighted by molar-refractivity contribution is -0.122. The molecule has 3 rings (SSSR count). The second-order valence-electron chi connectivity index (χ2n) is 6.74. The van der Waals surface area contributed by atoms with Gasteiger partial charge in [-0.1, -0.05) is 60.2 Å². The Morgan fingerprint density at radius 1 is 1.20 bits per heavy atom. The van der Waals surface area contributed by atoms with Crippen molar-refractivity contribution in [1.29, 1.82) is 0 Å². The third-order valence-electron chi connectivity index (χ3n) is 4.70. The summed E-state index contributed by atoms with van der Waals surface area (Å²) in [6.45, 7) is 0. The van der Waals surface area contributed by atoms with Gasteiger partial charge in [0.15, 0.2) is 11.7 Å². The van der Waals surface area contributed by atoms with Crippen LogP contribution in [-0.4, -0.2) is 16.9 Å². The van der Waals surface area contributed by atoms with E-state index in [9.17, 15) is 4.79 Å². The van der Waals surface area contributed by atoms with Crippen molar-refractivity contribution in [3.8, 4) is 11.3 Å². The molecular weight excluding hydrogens is 380 g/mol. The lowest BCUT2D eigenvalue weighted by Gasteiger charge is -2.20. The van der Waals surface area contributed by atoms with Gasteiger partial charge in [-0.2, -0.15) is 0 Å². The van der Waals surface area contributed by atoms with Crippen molar-refractivity contribution in [1.82, 2.24) is 10.3 Å². The third-order valence-corrected chi connectivity index (χ3v) is 5.19. The number of nitrogens with one attached hydrogen (secondary N) is 1. The monoisotopic (exact) mass is 404 g/mol. The van der Waals surface area contributed by atoms with Gasteiger partial charge >= 0.3 is 0 Å². The van der Waals surface area contributed by atoms with Crippen LogP contribution in [0, 0.1) is 0 Å². The smallest absolute Gasteiger partial charge is 0.220 e. The fraction of sp³-hybridized carbons (Fsp3) is 0.500. The van der Waals surface area contributed by atoms with Crippen LogP contribution in [-0.2, 0) is 11.2 Å². The average Bonchev–Trinajstić information content (AvgIpc) is 3.04. The van der Waals surface area contributed by atoms with Crippen LogP contribution in [0.15, 0.2) is 39.4 Å². The zero-order valence-corrected chi connectivity index (χ0v) is 16.1. The number of amides is 1. The Balaban J connectivity index is 1.49. The van der Waals surface area contributed by atoms with E-state index in [1.54, 1.807) is 6.20 Å². The summed E-state index contributed by atoms with van der Waals surface area (Å²) in [4.78, 5) is 16.5. The molecule has 1 aliphatic rings. The van der Waals surface area contributed by atoms with E-state index in [-0.39, 0.29) is 5.91 Å². The average molecular weight is 405 g/mol. The molecule has 1 heterocycles. The predicted molar refractivity (Wildman–Crippen MR) is 102 cm³/mol. The number of oxazole rings is 1. The number of aryl methyl sites for hydroxylation is 1. The van der Waals surface area contributed by atoms with Crippen molar-refractivity contribution in [3.63, 3.8) is 0 Å². The number of aromatic nitrogens is 1. The highest BCUT2D eigenvalue weighted by atomic mass is 79.9. The Labute approximate surface area is 157 Å². The van der Waals surface area contributed by atoms with Gasteiger partial charge in [-0.3, -0.25) is 4.79 Å². The molecule has 1 aromatic carbocycles. The zero-order valence-electron chi connectivity index (χ0n) is 14.5. The molecule has 1 fully saturated rings. The molecule has 5 heteroatoms. The molecule has 1 aliphatic carbocycles. The standard InChI is InChI=1S/C20H25BrN2O2/c21-16-8-6-7-15(13-16)18-14-22-20(25-18)12-11-19(24)23-17-9-4-2-1-3-5-10-17/h6-8,13-14,17H,1-5,9-12H2,(H,23,24). The Hall–Kier alpha value is -1.62. The maximum absolute atomic E-state index is 12.2. The number of halogens is 1. The summed E-state index contributed by atoms with van der Waals surface area (Å²) in [7, 11) is 0. The zero-order chi connectivity index (χ0) is 17.5. The summed E-state index contributed by atoms with van der Waals surface area (Å²) in [6.07, 6.45) is 11.3. The molecule has 1 saturated carbocycles. The summed E-state index contributed by atoms with van der Waals surface area (Å²) in [6, 6.07) is 8.25. The van der Waals surface area contributed by atoms with Gasteiger partial charge < -0.3 is 9.73 Å². The van der Waals surface area contributed by atoms with Gasteiger partial charge in [-0.15, -0.1) is 0 Å². The van der Waals surface area contributed by atoms with E-state index in [4.69, 9.17) is 4.42 Å². The lowest BCUT2D eigenvalue weighted by atomic mass is 9.96. The van der Waals surface area contributed by atoms with Gasteiger partial charge in [0.05, 0.1) is 6.20 Å². The molecule has 1 N–H and O–H groups in total. The van der Waals surface area contributed by atoms with Gasteiger partial charge in [0.25, 0.3) is 0 Å². The van der Waals surface area contributed by atoms with Gasteiger partial charge in [0.2, 0.25) is 5.91 Å². The number of hydrogen-bond acceptors (Lipinski definition) is 3. The molecule has 2 aromatic rings. The number of rotatable bonds is 5. The molecule has 0 bridgehead atoms. The van der Waals surface area contributed by atoms with E-state index in [2.05, 4.69) is 26.2 Å². The number of carbonyl (C=O) groups is 1. The molecule has 0 saturated heterocycles. The number of benzene rings is 1. The fourth-order valence-corrected chi connectivity index (χ4v) is 3.72. The second-order valence-corrected chi connectivity index (χ2v) is 7.65. The summed E-state index contributed by atoms with van der Waals surface area (Å²) in [5.41, 5.74) is 0.979. The van der Waals surface area contributed by atoms with Crippen molar-refractivity contribution in [2.75, 3.05) is 0 Å². The van der Waals surface area contributed by atoms with E-state index in [1.807, 2.05) is 24.3 Å². The van der Waals surface area contributed by atoms with E-state index >= 15 is 0 Å². The second kappa shape index (κ2) is 9.18. The molecule has 1 amide bonds. The minimum Gasteiger partial charge on any atom is -0.441 e. The fourth-order valence-electron chi connectivity index (χ4n) is 3.32. The molecule has 0 aliphatic heterocycles. The maximum Gasteiger partial charge on any atom is 0.220 e. The predicted octanol–water partition coefficient (Wildman–Crippen LogP) is 5.27. The summed E-state index contributed by atoms with van der Waals surface area (Å²) in [5.74, 6) is 1.45. The molecule has 134 valence electrons. The minimum absolute atomic E-state index is 0.104. The van der Waals surface area contributed by atoms with Crippen LogP contribution in [0.3, 0.4) is 0 Å². The number of nitrogens with zero attached hydrogens (tertiary/aromatic N) is 1. The quantitative estimate of drug-likeness (QED) is 0.738. The largest absolute Gasteiger partial charge is 0.441 e. The molecule has 0 unspecified atom stereocenters. The van der Waals surface area contributed by atoms with Crippen LogP contribution >= 0.6 is 15.9 Å². The summed E-state index contributed by atoms with van der Waals surface area (Å²) < 4.78 is 6.79. The van der Waals surface area contributed by atoms with Crippen LogP contribution in [0.1, 0.15) is 57.3 Å². The Morgan fingerprint density at radius 2 is 1.96 bits per heavy atom. The van der Waals surface area contributed by atoms with E-state index in [0.29, 0.717) is 24.8 Å². The van der Waals surface area contributed by atoms with Gasteiger partial charge in [0.1, 0.15) is 0 Å². The highest BCUT2D eigenvalue weighted by Gasteiger charge is 2.15. The Kier molecular flexibility index (Phi) is 6.68. The van der Waals surface area contributed by atoms with E-state index in [1.165, 1.54) is 32.1 Å². The minimum atomic E-state index is 0.104. The van der Waals surface area contributed by atoms with Crippen molar-refractivity contribution >= 4 is 21.8 Å². The first-order valence-corrected chi connectivity index (χ1v) is 10.00. The van der Waals surface area contributed by atoms with Crippen LogP contribution in [0.25, 0.3) is 11.3 Å². The van der Waals surface area contributed by atoms with Gasteiger partial charge in [0, 0.05) is 28.9 Å². The third kappa shape index (κ3) is 5.70. The highest BCUT2D eigenvalue weighted by molar-refractivity contribution is 9.10. The molecular formula is C20H25BrN2O2. The van der Waals surface area contributed by atoms with E-state index in [0.717, 1.165) is 28.6 Å². The SMILES string of the molecule is O=C(CCc1ncc(-c2cccc(Br)c2)o1)NC1CCCCCCC1. The molecule has 1 aromatic heterocycles. The maximum atomic E-state index is 12.2. The topological polar surface area (TPSA) is 55.1 Å². The number of carbonyl (C=O) groups excluding carboxylic acids is 1. The normalized spacial score (nSPS) is 16.2. The first-order valence-electron chi connectivity index (χ1n) is 9.21. The van der Waals surface area contributed by atoms with Crippen molar-refractivity contribution in [3.05, 3.63) is 40.8 Å². The van der Waals surface area contributed by atoms with Crippen LogP contribution in [0.2, 0.25) is 0 Å². The van der Waals surface area contributed by atoms with Crippen molar-refractivity contribution in [2.24, 2.45) is 0 Å². The number of hydrogen-bond donors (Lipinski definition) is 1. The Morgan fingerprint density at radius 3 is 2.72 bits per heavy atom. The lowest BCUT2D eigenvalue weighted by Crippen LogP contribution is -2.35. The summed E-state index contributed by atoms with van der Waals surface area (Å²) >= 11 is 3.46. The Bertz CT molecular complexity index is 691. The van der Waals surface area contributed by atoms with Crippen molar-refractivity contribution < 1.29 is 9.21 Å². The van der Waals surface area contributed by atoms with Crippen LogP contribution < -0.4 is 5.32 Å². The van der Waals surface area contributed by atoms with Gasteiger partial charge in [-0.05, 0) is 25.0 Å². The first-order chi connectivity index (χ1) is 12.2. The highest BCUT2D eigenvalue weighted by Crippen LogP contribution is 2.24. The molecule has 0 radical (unpaired) electrons. The van der Waals surface area contributed by atoms with Gasteiger partial charge in [-0.25, -0.2) is 4.98 Å². The van der Waals surface area contributed by atoms with Crippen molar-refractivity contribution in [2.45, 2.75) is 63.8 Å².